The van der Waals surface area contributed by atoms with Crippen LogP contribution in [0, 0.1) is 0 Å². The molecule has 0 unspecified atom stereocenters. The molecule has 0 fully saturated rings. The summed E-state index contributed by atoms with van der Waals surface area (Å²) in [7, 11) is 0. The number of imidazole rings is 1. The van der Waals surface area contributed by atoms with Gasteiger partial charge in [0.25, 0.3) is 5.91 Å². The van der Waals surface area contributed by atoms with Gasteiger partial charge in [0.15, 0.2) is 0 Å². The number of rotatable bonds is 6. The molecule has 0 spiro atoms. The topological polar surface area (TPSA) is 72.7 Å². The monoisotopic (exact) mass is 437 g/mol. The lowest BCUT2D eigenvalue weighted by Gasteiger charge is -2.08. The van der Waals surface area contributed by atoms with Gasteiger partial charge in [-0.1, -0.05) is 36.0 Å². The van der Waals surface area contributed by atoms with Gasteiger partial charge in [-0.25, -0.2) is 15.0 Å². The summed E-state index contributed by atoms with van der Waals surface area (Å²) in [6, 6.07) is 25.1. The van der Waals surface area contributed by atoms with Crippen molar-refractivity contribution in [2.24, 2.45) is 0 Å². The van der Waals surface area contributed by atoms with E-state index in [1.807, 2.05) is 83.4 Å². The first kappa shape index (κ1) is 20.0. The Kier molecular flexibility index (Phi) is 5.63. The Labute approximate surface area is 189 Å². The third-order valence-electron chi connectivity index (χ3n) is 4.94. The van der Waals surface area contributed by atoms with Crippen LogP contribution in [0.1, 0.15) is 15.9 Å². The molecule has 5 rings (SSSR count). The van der Waals surface area contributed by atoms with Crippen LogP contribution in [0.3, 0.4) is 0 Å². The van der Waals surface area contributed by atoms with E-state index in [0.29, 0.717) is 12.1 Å². The molecule has 7 heteroatoms. The van der Waals surface area contributed by atoms with E-state index in [2.05, 4.69) is 20.3 Å². The lowest BCUT2D eigenvalue weighted by Crippen LogP contribution is -2.22. The van der Waals surface area contributed by atoms with Gasteiger partial charge in [0, 0.05) is 29.4 Å². The third-order valence-corrected chi connectivity index (χ3v) is 5.90. The van der Waals surface area contributed by atoms with Crippen molar-refractivity contribution in [3.8, 4) is 5.82 Å². The molecule has 1 N–H and O–H groups in total. The van der Waals surface area contributed by atoms with Crippen molar-refractivity contribution in [3.63, 3.8) is 0 Å². The highest BCUT2D eigenvalue weighted by Gasteiger charge is 2.08. The Hall–Kier alpha value is -3.97. The van der Waals surface area contributed by atoms with Crippen LogP contribution in [0.15, 0.2) is 108 Å². The van der Waals surface area contributed by atoms with Gasteiger partial charge in [-0.3, -0.25) is 9.36 Å². The standard InChI is InChI=1S/C25H19N5OS/c31-25(19-9-11-20(12-10-19)32-24-7-3-4-14-26-24)28-16-18-8-13-23(27-15-18)30-17-29-21-5-1-2-6-22(21)30/h1-15,17H,16H2,(H,28,31). The average Bonchev–Trinajstić information content (AvgIpc) is 3.28. The number of nitrogens with one attached hydrogen (secondary N) is 1. The van der Waals surface area contributed by atoms with E-state index in [-0.39, 0.29) is 5.91 Å². The van der Waals surface area contributed by atoms with Gasteiger partial charge >= 0.3 is 0 Å². The normalized spacial score (nSPS) is 10.9. The number of pyridine rings is 2. The van der Waals surface area contributed by atoms with Crippen LogP contribution < -0.4 is 5.32 Å². The first-order valence-corrected chi connectivity index (χ1v) is 10.9. The van der Waals surface area contributed by atoms with Gasteiger partial charge in [0.2, 0.25) is 0 Å². The number of carbonyl (C=O) groups is 1. The van der Waals surface area contributed by atoms with Crippen molar-refractivity contribution in [3.05, 3.63) is 109 Å². The van der Waals surface area contributed by atoms with E-state index in [0.717, 1.165) is 32.3 Å². The number of hydrogen-bond acceptors (Lipinski definition) is 5. The Bertz CT molecular complexity index is 1350. The zero-order chi connectivity index (χ0) is 21.8. The van der Waals surface area contributed by atoms with E-state index in [1.54, 1.807) is 30.5 Å². The molecule has 6 nitrogen and oxygen atoms in total. The molecule has 0 saturated carbocycles. The highest BCUT2D eigenvalue weighted by atomic mass is 32.2. The minimum Gasteiger partial charge on any atom is -0.348 e. The van der Waals surface area contributed by atoms with Crippen LogP contribution >= 0.6 is 11.8 Å². The molecule has 156 valence electrons. The zero-order valence-corrected chi connectivity index (χ0v) is 17.9. The highest BCUT2D eigenvalue weighted by Crippen LogP contribution is 2.25. The molecule has 0 aliphatic rings. The van der Waals surface area contributed by atoms with Crippen LogP contribution in [0.25, 0.3) is 16.9 Å². The SMILES string of the molecule is O=C(NCc1ccc(-n2cnc3ccccc32)nc1)c1ccc(Sc2ccccn2)cc1. The minimum atomic E-state index is -0.121. The summed E-state index contributed by atoms with van der Waals surface area (Å²) in [5.41, 5.74) is 3.47. The number of nitrogens with zero attached hydrogens (tertiary/aromatic N) is 4. The van der Waals surface area contributed by atoms with Crippen molar-refractivity contribution in [1.82, 2.24) is 24.8 Å². The number of aromatic nitrogens is 4. The number of fused-ring (bicyclic) bond motifs is 1. The molecule has 1 amide bonds. The molecule has 0 bridgehead atoms. The quantitative estimate of drug-likeness (QED) is 0.409. The molecule has 2 aromatic carbocycles. The molecular formula is C25H19N5OS. The Balaban J connectivity index is 1.20. The number of hydrogen-bond donors (Lipinski definition) is 1. The molecule has 0 aliphatic heterocycles. The van der Waals surface area contributed by atoms with Crippen LogP contribution in [0.2, 0.25) is 0 Å². The minimum absolute atomic E-state index is 0.121. The van der Waals surface area contributed by atoms with Crippen LogP contribution in [-0.2, 0) is 6.54 Å². The van der Waals surface area contributed by atoms with Crippen LogP contribution in [0.5, 0.6) is 0 Å². The van der Waals surface area contributed by atoms with E-state index in [4.69, 9.17) is 0 Å². The summed E-state index contributed by atoms with van der Waals surface area (Å²) in [4.78, 5) is 26.8. The summed E-state index contributed by atoms with van der Waals surface area (Å²) in [6.07, 6.45) is 5.31. The summed E-state index contributed by atoms with van der Waals surface area (Å²) in [5.74, 6) is 0.666. The van der Waals surface area contributed by atoms with Gasteiger partial charge in [0.05, 0.1) is 11.0 Å². The molecule has 0 atom stereocenters. The average molecular weight is 438 g/mol. The Morgan fingerprint density at radius 1 is 0.875 bits per heavy atom. The van der Waals surface area contributed by atoms with Crippen molar-refractivity contribution >= 4 is 28.7 Å². The molecule has 3 heterocycles. The van der Waals surface area contributed by atoms with Gasteiger partial charge < -0.3 is 5.32 Å². The molecule has 0 aliphatic carbocycles. The summed E-state index contributed by atoms with van der Waals surface area (Å²) in [6.45, 7) is 0.404. The third kappa shape index (κ3) is 4.38. The fourth-order valence-corrected chi connectivity index (χ4v) is 4.07. The second kappa shape index (κ2) is 9.03. The van der Waals surface area contributed by atoms with E-state index in [9.17, 15) is 4.79 Å². The second-order valence-electron chi connectivity index (χ2n) is 7.11. The van der Waals surface area contributed by atoms with E-state index in [1.165, 1.54) is 0 Å². The molecule has 3 aromatic heterocycles. The molecule has 5 aromatic rings. The first-order valence-electron chi connectivity index (χ1n) is 10.1. The van der Waals surface area contributed by atoms with E-state index < -0.39 is 0 Å². The molecule has 32 heavy (non-hydrogen) atoms. The van der Waals surface area contributed by atoms with Crippen molar-refractivity contribution in [2.75, 3.05) is 0 Å². The summed E-state index contributed by atoms with van der Waals surface area (Å²) < 4.78 is 1.95. The van der Waals surface area contributed by atoms with Gasteiger partial charge in [-0.2, -0.15) is 0 Å². The largest absolute Gasteiger partial charge is 0.348 e. The maximum absolute atomic E-state index is 12.5. The highest BCUT2D eigenvalue weighted by molar-refractivity contribution is 7.99. The van der Waals surface area contributed by atoms with Crippen LogP contribution in [-0.4, -0.2) is 25.4 Å². The zero-order valence-electron chi connectivity index (χ0n) is 17.1. The Morgan fingerprint density at radius 2 is 1.72 bits per heavy atom. The lowest BCUT2D eigenvalue weighted by atomic mass is 10.2. The lowest BCUT2D eigenvalue weighted by molar-refractivity contribution is 0.0951. The number of carbonyl (C=O) groups excluding carboxylic acids is 1. The van der Waals surface area contributed by atoms with Crippen molar-refractivity contribution in [2.45, 2.75) is 16.5 Å². The van der Waals surface area contributed by atoms with Gasteiger partial charge in [-0.15, -0.1) is 0 Å². The molecular weight excluding hydrogens is 418 g/mol. The van der Waals surface area contributed by atoms with E-state index >= 15 is 0 Å². The van der Waals surface area contributed by atoms with Gasteiger partial charge in [0.1, 0.15) is 17.2 Å². The number of benzene rings is 2. The smallest absolute Gasteiger partial charge is 0.251 e. The maximum atomic E-state index is 12.5. The molecule has 0 saturated heterocycles. The van der Waals surface area contributed by atoms with Crippen molar-refractivity contribution in [1.29, 1.82) is 0 Å². The van der Waals surface area contributed by atoms with Crippen LogP contribution in [0.4, 0.5) is 0 Å². The summed E-state index contributed by atoms with van der Waals surface area (Å²) >= 11 is 1.56. The van der Waals surface area contributed by atoms with Crippen molar-refractivity contribution < 1.29 is 4.79 Å². The fraction of sp³-hybridized carbons (Fsp3) is 0.0400. The predicted octanol–water partition coefficient (Wildman–Crippen LogP) is 4.90. The maximum Gasteiger partial charge on any atom is 0.251 e. The van der Waals surface area contributed by atoms with Gasteiger partial charge in [-0.05, 0) is 60.2 Å². The molecule has 0 radical (unpaired) electrons. The Morgan fingerprint density at radius 3 is 2.50 bits per heavy atom. The number of amides is 1. The predicted molar refractivity (Wildman–Crippen MR) is 125 cm³/mol. The second-order valence-corrected chi connectivity index (χ2v) is 8.20. The first-order chi connectivity index (χ1) is 15.8. The fourth-order valence-electron chi connectivity index (χ4n) is 3.29. The number of para-hydroxylation sites is 2. The summed E-state index contributed by atoms with van der Waals surface area (Å²) in [5, 5.41) is 3.87.